The Labute approximate surface area is 159 Å². The Hall–Kier alpha value is -1.82. The highest BCUT2D eigenvalue weighted by Gasteiger charge is 2.29. The molecule has 26 heavy (non-hydrogen) atoms. The van der Waals surface area contributed by atoms with Gasteiger partial charge in [0.05, 0.1) is 5.75 Å². The Bertz CT molecular complexity index is 709. The van der Waals surface area contributed by atoms with Gasteiger partial charge in [-0.05, 0) is 44.6 Å². The van der Waals surface area contributed by atoms with Crippen molar-refractivity contribution in [3.8, 4) is 0 Å². The zero-order chi connectivity index (χ0) is 18.5. The standard InChI is InChI=1S/C20H27N3O2S/c1-14(17-10-5-4-6-11-17)12-18-21-22-20(25-18)26-13-19(24)23-15(2)8-7-9-16(23)3/h4-6,10-11,14-16H,7-9,12-13H2,1-3H3. The highest BCUT2D eigenvalue weighted by Crippen LogP contribution is 2.26. The molecule has 0 bridgehead atoms. The summed E-state index contributed by atoms with van der Waals surface area (Å²) in [5, 5.41) is 8.71. The molecule has 0 saturated carbocycles. The Morgan fingerprint density at radius 2 is 1.92 bits per heavy atom. The van der Waals surface area contributed by atoms with Crippen molar-refractivity contribution in [3.63, 3.8) is 0 Å². The van der Waals surface area contributed by atoms with Gasteiger partial charge in [0.25, 0.3) is 5.22 Å². The van der Waals surface area contributed by atoms with Crippen molar-refractivity contribution in [1.82, 2.24) is 15.1 Å². The van der Waals surface area contributed by atoms with E-state index in [9.17, 15) is 4.79 Å². The smallest absolute Gasteiger partial charge is 0.277 e. The van der Waals surface area contributed by atoms with Crippen LogP contribution in [-0.2, 0) is 11.2 Å². The molecule has 3 unspecified atom stereocenters. The largest absolute Gasteiger partial charge is 0.416 e. The molecule has 6 heteroatoms. The third-order valence-corrected chi connectivity index (χ3v) is 5.90. The molecule has 2 aromatic rings. The second-order valence-electron chi connectivity index (χ2n) is 7.20. The lowest BCUT2D eigenvalue weighted by Crippen LogP contribution is -2.48. The molecule has 0 N–H and O–H groups in total. The molecule has 1 aliphatic rings. The SMILES string of the molecule is CC(Cc1nnc(SCC(=O)N2C(C)CCCC2C)o1)c1ccccc1. The lowest BCUT2D eigenvalue weighted by atomic mass is 9.98. The molecule has 1 aliphatic heterocycles. The first-order valence-electron chi connectivity index (χ1n) is 9.36. The van der Waals surface area contributed by atoms with Crippen molar-refractivity contribution in [2.75, 3.05) is 5.75 Å². The molecule has 0 radical (unpaired) electrons. The molecule has 2 heterocycles. The van der Waals surface area contributed by atoms with Gasteiger partial charge in [0.1, 0.15) is 0 Å². The summed E-state index contributed by atoms with van der Waals surface area (Å²) in [6, 6.07) is 10.9. The number of nitrogens with zero attached hydrogens (tertiary/aromatic N) is 3. The van der Waals surface area contributed by atoms with Gasteiger partial charge in [-0.2, -0.15) is 0 Å². The van der Waals surface area contributed by atoms with Crippen LogP contribution in [0.1, 0.15) is 57.4 Å². The fourth-order valence-corrected chi connectivity index (χ4v) is 4.30. The van der Waals surface area contributed by atoms with Gasteiger partial charge in [-0.1, -0.05) is 49.0 Å². The molecule has 5 nitrogen and oxygen atoms in total. The molecular formula is C20H27N3O2S. The molecule has 1 amide bonds. The summed E-state index contributed by atoms with van der Waals surface area (Å²) in [4.78, 5) is 14.6. The van der Waals surface area contributed by atoms with Crippen LogP contribution >= 0.6 is 11.8 Å². The minimum Gasteiger partial charge on any atom is -0.416 e. The number of hydrogen-bond donors (Lipinski definition) is 0. The van der Waals surface area contributed by atoms with E-state index in [0.29, 0.717) is 41.3 Å². The summed E-state index contributed by atoms with van der Waals surface area (Å²) in [5.41, 5.74) is 1.25. The van der Waals surface area contributed by atoms with E-state index >= 15 is 0 Å². The molecule has 3 rings (SSSR count). The number of aromatic nitrogens is 2. The lowest BCUT2D eigenvalue weighted by Gasteiger charge is -2.39. The van der Waals surface area contributed by atoms with Crippen LogP contribution in [0.15, 0.2) is 40.0 Å². The number of benzene rings is 1. The Morgan fingerprint density at radius 1 is 1.23 bits per heavy atom. The Kier molecular flexibility index (Phi) is 6.35. The molecule has 3 atom stereocenters. The first-order valence-corrected chi connectivity index (χ1v) is 10.3. The quantitative estimate of drug-likeness (QED) is 0.707. The van der Waals surface area contributed by atoms with Crippen LogP contribution < -0.4 is 0 Å². The highest BCUT2D eigenvalue weighted by atomic mass is 32.2. The third kappa shape index (κ3) is 4.67. The van der Waals surface area contributed by atoms with Crippen molar-refractivity contribution in [2.24, 2.45) is 0 Å². The Morgan fingerprint density at radius 3 is 2.62 bits per heavy atom. The van der Waals surface area contributed by atoms with Crippen LogP contribution in [0.2, 0.25) is 0 Å². The number of piperidine rings is 1. The minimum atomic E-state index is 0.159. The summed E-state index contributed by atoms with van der Waals surface area (Å²) in [7, 11) is 0. The van der Waals surface area contributed by atoms with Crippen molar-refractivity contribution < 1.29 is 9.21 Å². The summed E-state index contributed by atoms with van der Waals surface area (Å²) in [6.07, 6.45) is 4.07. The van der Waals surface area contributed by atoms with Crippen LogP contribution in [0.5, 0.6) is 0 Å². The molecule has 140 valence electrons. The van der Waals surface area contributed by atoms with E-state index in [0.717, 1.165) is 12.8 Å². The maximum atomic E-state index is 12.6. The molecule has 1 saturated heterocycles. The zero-order valence-corrected chi connectivity index (χ0v) is 16.5. The molecule has 1 aromatic carbocycles. The fraction of sp³-hybridized carbons (Fsp3) is 0.550. The second kappa shape index (κ2) is 8.71. The van der Waals surface area contributed by atoms with Gasteiger partial charge in [-0.3, -0.25) is 4.79 Å². The van der Waals surface area contributed by atoms with Gasteiger partial charge < -0.3 is 9.32 Å². The van der Waals surface area contributed by atoms with Gasteiger partial charge in [-0.15, -0.1) is 10.2 Å². The van der Waals surface area contributed by atoms with Crippen LogP contribution in [0.25, 0.3) is 0 Å². The summed E-state index contributed by atoms with van der Waals surface area (Å²) in [6.45, 7) is 6.41. The number of hydrogen-bond acceptors (Lipinski definition) is 5. The maximum absolute atomic E-state index is 12.6. The average molecular weight is 374 g/mol. The number of likely N-dealkylation sites (tertiary alicyclic amines) is 1. The highest BCUT2D eigenvalue weighted by molar-refractivity contribution is 7.99. The van der Waals surface area contributed by atoms with Crippen LogP contribution in [0.4, 0.5) is 0 Å². The van der Waals surface area contributed by atoms with E-state index < -0.39 is 0 Å². The molecular weight excluding hydrogens is 346 g/mol. The van der Waals surface area contributed by atoms with E-state index in [4.69, 9.17) is 4.42 Å². The average Bonchev–Trinajstić information content (AvgIpc) is 3.08. The normalized spacial score (nSPS) is 21.6. The first-order chi connectivity index (χ1) is 12.5. The van der Waals surface area contributed by atoms with Crippen molar-refractivity contribution in [3.05, 3.63) is 41.8 Å². The van der Waals surface area contributed by atoms with Crippen LogP contribution in [0.3, 0.4) is 0 Å². The molecule has 0 spiro atoms. The van der Waals surface area contributed by atoms with Crippen LogP contribution in [-0.4, -0.2) is 38.8 Å². The predicted octanol–water partition coefficient (Wildman–Crippen LogP) is 4.30. The summed E-state index contributed by atoms with van der Waals surface area (Å²) < 4.78 is 5.74. The van der Waals surface area contributed by atoms with E-state index in [1.165, 1.54) is 23.7 Å². The van der Waals surface area contributed by atoms with Crippen molar-refractivity contribution in [1.29, 1.82) is 0 Å². The number of rotatable bonds is 6. The Balaban J connectivity index is 1.53. The number of carbonyl (C=O) groups is 1. The number of amides is 1. The maximum Gasteiger partial charge on any atom is 0.277 e. The first kappa shape index (κ1) is 19.0. The lowest BCUT2D eigenvalue weighted by molar-refractivity contribution is -0.134. The fourth-order valence-electron chi connectivity index (χ4n) is 3.65. The second-order valence-corrected chi connectivity index (χ2v) is 8.12. The molecule has 1 fully saturated rings. The van der Waals surface area contributed by atoms with Crippen molar-refractivity contribution >= 4 is 17.7 Å². The van der Waals surface area contributed by atoms with E-state index in [2.05, 4.69) is 43.1 Å². The third-order valence-electron chi connectivity index (χ3n) is 5.10. The molecule has 0 aliphatic carbocycles. The molecule has 1 aromatic heterocycles. The van der Waals surface area contributed by atoms with Gasteiger partial charge >= 0.3 is 0 Å². The van der Waals surface area contributed by atoms with Gasteiger partial charge in [0.2, 0.25) is 11.8 Å². The van der Waals surface area contributed by atoms with E-state index in [-0.39, 0.29) is 5.91 Å². The van der Waals surface area contributed by atoms with Gasteiger partial charge in [0.15, 0.2) is 0 Å². The number of carbonyl (C=O) groups excluding carboxylic acids is 1. The van der Waals surface area contributed by atoms with Gasteiger partial charge in [0, 0.05) is 18.5 Å². The van der Waals surface area contributed by atoms with E-state index in [1.807, 2.05) is 23.1 Å². The van der Waals surface area contributed by atoms with Crippen molar-refractivity contribution in [2.45, 2.75) is 69.7 Å². The summed E-state index contributed by atoms with van der Waals surface area (Å²) >= 11 is 1.34. The van der Waals surface area contributed by atoms with Gasteiger partial charge in [-0.25, -0.2) is 0 Å². The number of thioether (sulfide) groups is 1. The predicted molar refractivity (Wildman–Crippen MR) is 103 cm³/mol. The zero-order valence-electron chi connectivity index (χ0n) is 15.7. The van der Waals surface area contributed by atoms with Crippen LogP contribution in [0, 0.1) is 0 Å². The summed E-state index contributed by atoms with van der Waals surface area (Å²) in [5.74, 6) is 1.44. The monoisotopic (exact) mass is 373 g/mol. The minimum absolute atomic E-state index is 0.159. The topological polar surface area (TPSA) is 59.2 Å². The van der Waals surface area contributed by atoms with E-state index in [1.54, 1.807) is 0 Å².